The Morgan fingerprint density at radius 2 is 2.24 bits per heavy atom. The summed E-state index contributed by atoms with van der Waals surface area (Å²) in [6.07, 6.45) is 2.95. The number of benzene rings is 1. The predicted octanol–water partition coefficient (Wildman–Crippen LogP) is 2.09. The number of hydrogen-bond donors (Lipinski definition) is 0. The number of nitriles is 1. The number of nitrogens with zero attached hydrogens (tertiary/aromatic N) is 2. The number of carbonyl (C=O) groups excluding carboxylic acids is 1. The molecule has 0 bridgehead atoms. The first-order valence-corrected chi connectivity index (χ1v) is 7.08. The van der Waals surface area contributed by atoms with Gasteiger partial charge in [-0.3, -0.25) is 9.69 Å². The summed E-state index contributed by atoms with van der Waals surface area (Å²) in [6, 6.07) is 7.50. The monoisotopic (exact) mass is 288 g/mol. The molecule has 1 atom stereocenters. The molecule has 5 nitrogen and oxygen atoms in total. The van der Waals surface area contributed by atoms with Crippen molar-refractivity contribution in [1.29, 1.82) is 5.26 Å². The Labute approximate surface area is 125 Å². The Morgan fingerprint density at radius 1 is 1.43 bits per heavy atom. The van der Waals surface area contributed by atoms with Gasteiger partial charge in [-0.1, -0.05) is 12.5 Å². The number of piperidine rings is 1. The number of esters is 1. The van der Waals surface area contributed by atoms with Crippen molar-refractivity contribution in [2.75, 3.05) is 20.8 Å². The molecule has 1 aliphatic rings. The van der Waals surface area contributed by atoms with Crippen molar-refractivity contribution in [3.05, 3.63) is 29.3 Å². The average Bonchev–Trinajstić information content (AvgIpc) is 2.54. The third-order valence-corrected chi connectivity index (χ3v) is 3.86. The van der Waals surface area contributed by atoms with Crippen molar-refractivity contribution < 1.29 is 14.3 Å². The van der Waals surface area contributed by atoms with Gasteiger partial charge in [-0.25, -0.2) is 0 Å². The minimum atomic E-state index is -0.184. The van der Waals surface area contributed by atoms with E-state index in [1.54, 1.807) is 13.2 Å². The van der Waals surface area contributed by atoms with E-state index in [1.807, 2.05) is 12.1 Å². The summed E-state index contributed by atoms with van der Waals surface area (Å²) in [5, 5.41) is 9.14. The van der Waals surface area contributed by atoms with E-state index >= 15 is 0 Å². The molecule has 112 valence electrons. The largest absolute Gasteiger partial charge is 0.495 e. The lowest BCUT2D eigenvalue weighted by atomic mass is 10.0. The lowest BCUT2D eigenvalue weighted by Crippen LogP contribution is -2.44. The van der Waals surface area contributed by atoms with E-state index in [2.05, 4.69) is 11.0 Å². The maximum Gasteiger partial charge on any atom is 0.323 e. The highest BCUT2D eigenvalue weighted by Crippen LogP contribution is 2.23. The van der Waals surface area contributed by atoms with Crippen LogP contribution in [0.15, 0.2) is 18.2 Å². The van der Waals surface area contributed by atoms with Gasteiger partial charge >= 0.3 is 5.97 Å². The number of rotatable bonds is 4. The summed E-state index contributed by atoms with van der Waals surface area (Å²) in [5.74, 6) is 0.396. The lowest BCUT2D eigenvalue weighted by Gasteiger charge is -2.33. The van der Waals surface area contributed by atoms with Gasteiger partial charge in [-0.15, -0.1) is 0 Å². The molecule has 1 aromatic carbocycles. The van der Waals surface area contributed by atoms with E-state index in [0.717, 1.165) is 31.4 Å². The first kappa shape index (κ1) is 15.3. The standard InChI is InChI=1S/C16H20N2O3/c1-20-15-7-6-12(9-13(15)10-17)11-18-8-4-3-5-14(18)16(19)21-2/h6-7,9,14H,3-5,8,11H2,1-2H3/t14-/m0/s1. The van der Waals surface area contributed by atoms with Crippen molar-refractivity contribution in [3.8, 4) is 11.8 Å². The number of ether oxygens (including phenoxy) is 2. The Kier molecular flexibility index (Phi) is 5.18. The predicted molar refractivity (Wildman–Crippen MR) is 77.8 cm³/mol. The van der Waals surface area contributed by atoms with Crippen LogP contribution >= 0.6 is 0 Å². The second-order valence-electron chi connectivity index (χ2n) is 5.15. The van der Waals surface area contributed by atoms with Crippen LogP contribution < -0.4 is 4.74 Å². The van der Waals surface area contributed by atoms with Crippen LogP contribution in [0.4, 0.5) is 0 Å². The summed E-state index contributed by atoms with van der Waals surface area (Å²) in [4.78, 5) is 14.0. The van der Waals surface area contributed by atoms with Crippen LogP contribution in [-0.4, -0.2) is 37.7 Å². The third-order valence-electron chi connectivity index (χ3n) is 3.86. The molecule has 0 radical (unpaired) electrons. The summed E-state index contributed by atoms with van der Waals surface area (Å²) in [7, 11) is 2.98. The van der Waals surface area contributed by atoms with Crippen LogP contribution in [0, 0.1) is 11.3 Å². The number of carbonyl (C=O) groups is 1. The Bertz CT molecular complexity index is 551. The van der Waals surface area contributed by atoms with E-state index in [4.69, 9.17) is 14.7 Å². The van der Waals surface area contributed by atoms with Gasteiger partial charge < -0.3 is 9.47 Å². The Balaban J connectivity index is 2.16. The van der Waals surface area contributed by atoms with Crippen LogP contribution in [0.1, 0.15) is 30.4 Å². The zero-order chi connectivity index (χ0) is 15.2. The fraction of sp³-hybridized carbons (Fsp3) is 0.500. The fourth-order valence-corrected chi connectivity index (χ4v) is 2.76. The summed E-state index contributed by atoms with van der Waals surface area (Å²) < 4.78 is 10.0. The molecule has 1 aliphatic heterocycles. The zero-order valence-electron chi connectivity index (χ0n) is 12.5. The topological polar surface area (TPSA) is 62.6 Å². The number of hydrogen-bond acceptors (Lipinski definition) is 5. The molecule has 2 rings (SSSR count). The molecule has 1 saturated heterocycles. The summed E-state index contributed by atoms with van der Waals surface area (Å²) >= 11 is 0. The molecule has 0 saturated carbocycles. The average molecular weight is 288 g/mol. The molecule has 0 N–H and O–H groups in total. The van der Waals surface area contributed by atoms with Gasteiger partial charge in [0.15, 0.2) is 0 Å². The highest BCUT2D eigenvalue weighted by molar-refractivity contribution is 5.75. The summed E-state index contributed by atoms with van der Waals surface area (Å²) in [5.41, 5.74) is 1.52. The maximum atomic E-state index is 11.9. The third kappa shape index (κ3) is 3.53. The molecule has 0 unspecified atom stereocenters. The van der Waals surface area contributed by atoms with Crippen molar-refractivity contribution in [3.63, 3.8) is 0 Å². The Hall–Kier alpha value is -2.06. The first-order chi connectivity index (χ1) is 10.2. The normalized spacial score (nSPS) is 18.8. The maximum absolute atomic E-state index is 11.9. The minimum absolute atomic E-state index is 0.177. The molecule has 21 heavy (non-hydrogen) atoms. The molecule has 5 heteroatoms. The van der Waals surface area contributed by atoms with Gasteiger partial charge in [-0.2, -0.15) is 5.26 Å². The lowest BCUT2D eigenvalue weighted by molar-refractivity contribution is -0.148. The quantitative estimate of drug-likeness (QED) is 0.794. The van der Waals surface area contributed by atoms with E-state index in [9.17, 15) is 4.79 Å². The molecular weight excluding hydrogens is 268 g/mol. The fourth-order valence-electron chi connectivity index (χ4n) is 2.76. The second kappa shape index (κ2) is 7.09. The van der Waals surface area contributed by atoms with E-state index in [0.29, 0.717) is 17.9 Å². The second-order valence-corrected chi connectivity index (χ2v) is 5.15. The highest BCUT2D eigenvalue weighted by atomic mass is 16.5. The first-order valence-electron chi connectivity index (χ1n) is 7.08. The van der Waals surface area contributed by atoms with Crippen LogP contribution in [0.25, 0.3) is 0 Å². The number of methoxy groups -OCH3 is 2. The summed E-state index contributed by atoms with van der Waals surface area (Å²) in [6.45, 7) is 1.51. The molecule has 1 fully saturated rings. The molecule has 0 aromatic heterocycles. The zero-order valence-corrected chi connectivity index (χ0v) is 12.5. The molecule has 1 heterocycles. The Morgan fingerprint density at radius 3 is 2.90 bits per heavy atom. The van der Waals surface area contributed by atoms with E-state index in [-0.39, 0.29) is 12.0 Å². The van der Waals surface area contributed by atoms with E-state index in [1.165, 1.54) is 7.11 Å². The van der Waals surface area contributed by atoms with Crippen LogP contribution in [-0.2, 0) is 16.1 Å². The van der Waals surface area contributed by atoms with Gasteiger partial charge in [0, 0.05) is 6.54 Å². The molecule has 0 amide bonds. The van der Waals surface area contributed by atoms with Crippen molar-refractivity contribution in [1.82, 2.24) is 4.90 Å². The van der Waals surface area contributed by atoms with Crippen LogP contribution in [0.5, 0.6) is 5.75 Å². The van der Waals surface area contributed by atoms with Crippen LogP contribution in [0.2, 0.25) is 0 Å². The van der Waals surface area contributed by atoms with Crippen molar-refractivity contribution in [2.24, 2.45) is 0 Å². The number of likely N-dealkylation sites (tertiary alicyclic amines) is 1. The van der Waals surface area contributed by atoms with Gasteiger partial charge in [0.2, 0.25) is 0 Å². The van der Waals surface area contributed by atoms with Gasteiger partial charge in [0.05, 0.1) is 19.8 Å². The molecule has 0 spiro atoms. The van der Waals surface area contributed by atoms with E-state index < -0.39 is 0 Å². The van der Waals surface area contributed by atoms with Gasteiger partial charge in [-0.05, 0) is 37.1 Å². The molecule has 0 aliphatic carbocycles. The SMILES string of the molecule is COC(=O)[C@@H]1CCCCN1Cc1ccc(OC)c(C#N)c1. The van der Waals surface area contributed by atoms with Crippen molar-refractivity contribution in [2.45, 2.75) is 31.8 Å². The van der Waals surface area contributed by atoms with Crippen molar-refractivity contribution >= 4 is 5.97 Å². The van der Waals surface area contributed by atoms with Gasteiger partial charge in [0.1, 0.15) is 17.9 Å². The van der Waals surface area contributed by atoms with Gasteiger partial charge in [0.25, 0.3) is 0 Å². The highest BCUT2D eigenvalue weighted by Gasteiger charge is 2.29. The van der Waals surface area contributed by atoms with Crippen LogP contribution in [0.3, 0.4) is 0 Å². The molecule has 1 aromatic rings. The smallest absolute Gasteiger partial charge is 0.323 e. The molecular formula is C16H20N2O3. The minimum Gasteiger partial charge on any atom is -0.495 e.